The molecule has 1 amide bonds. The van der Waals surface area contributed by atoms with Crippen LogP contribution in [0.1, 0.15) is 71.1 Å². The first-order valence-corrected chi connectivity index (χ1v) is 13.4. The molecular weight excluding hydrogens is 459 g/mol. The molecule has 4 rings (SSSR count). The third kappa shape index (κ3) is 4.92. The quantitative estimate of drug-likeness (QED) is 0.631. The monoisotopic (exact) mass is 492 g/mol. The van der Waals surface area contributed by atoms with Crippen LogP contribution in [0.4, 0.5) is 20.7 Å². The molecule has 2 aromatic rings. The van der Waals surface area contributed by atoms with E-state index in [-0.39, 0.29) is 51.9 Å². The van der Waals surface area contributed by atoms with Gasteiger partial charge < -0.3 is 15.4 Å². The smallest absolute Gasteiger partial charge is 0.407 e. The number of hydrogen-bond donors (Lipinski definition) is 2. The second-order valence-electron chi connectivity index (χ2n) is 10.5. The number of carbonyl (C=O) groups excluding carboxylic acids is 1. The van der Waals surface area contributed by atoms with E-state index in [0.29, 0.717) is 12.2 Å². The first kappa shape index (κ1) is 24.5. The van der Waals surface area contributed by atoms with E-state index in [1.807, 2.05) is 45.4 Å². The van der Waals surface area contributed by atoms with Crippen LogP contribution in [0.25, 0.3) is 0 Å². The molecule has 186 valence electrons. The fourth-order valence-electron chi connectivity index (χ4n) is 4.64. The Morgan fingerprint density at radius 3 is 2.68 bits per heavy atom. The van der Waals surface area contributed by atoms with Crippen LogP contribution in [0.15, 0.2) is 23.1 Å². The first-order chi connectivity index (χ1) is 15.8. The van der Waals surface area contributed by atoms with E-state index in [1.165, 1.54) is 12.1 Å². The Morgan fingerprint density at radius 2 is 2.00 bits per heavy atom. The van der Waals surface area contributed by atoms with E-state index in [2.05, 4.69) is 10.6 Å². The number of rotatable bonds is 5. The highest BCUT2D eigenvalue weighted by Gasteiger charge is 2.33. The van der Waals surface area contributed by atoms with E-state index in [1.54, 1.807) is 0 Å². The first-order valence-electron chi connectivity index (χ1n) is 11.7. The van der Waals surface area contributed by atoms with Gasteiger partial charge in [-0.1, -0.05) is 0 Å². The van der Waals surface area contributed by atoms with Crippen molar-refractivity contribution in [2.24, 2.45) is 0 Å². The average Bonchev–Trinajstić information content (AvgIpc) is 3.41. The third-order valence-electron chi connectivity index (χ3n) is 6.27. The molecule has 0 unspecified atom stereocenters. The number of amides is 1. The molecule has 34 heavy (non-hydrogen) atoms. The van der Waals surface area contributed by atoms with E-state index >= 15 is 4.39 Å². The summed E-state index contributed by atoms with van der Waals surface area (Å²) in [6.45, 7) is 9.80. The summed E-state index contributed by atoms with van der Waals surface area (Å²) in [5, 5.41) is 10.7. The summed E-state index contributed by atoms with van der Waals surface area (Å²) in [5.41, 5.74) is 0.952. The van der Waals surface area contributed by atoms with Crippen molar-refractivity contribution >= 4 is 27.4 Å². The van der Waals surface area contributed by atoms with E-state index in [9.17, 15) is 13.2 Å². The highest BCUT2D eigenvalue weighted by atomic mass is 32.2. The Morgan fingerprint density at radius 1 is 1.26 bits per heavy atom. The topological polar surface area (TPSA) is 102 Å². The molecular formula is C24H33FN4O4S. The molecule has 1 aromatic heterocycles. The van der Waals surface area contributed by atoms with Crippen LogP contribution in [-0.4, -0.2) is 42.2 Å². The van der Waals surface area contributed by atoms with Crippen LogP contribution >= 0.6 is 0 Å². The van der Waals surface area contributed by atoms with Gasteiger partial charge in [-0.2, -0.15) is 5.10 Å². The zero-order valence-electron chi connectivity index (χ0n) is 20.3. The summed E-state index contributed by atoms with van der Waals surface area (Å²) >= 11 is 0. The molecule has 0 radical (unpaired) electrons. The predicted octanol–water partition coefficient (Wildman–Crippen LogP) is 4.62. The maximum absolute atomic E-state index is 15.2. The number of fused-ring (bicyclic) bond motifs is 1. The molecule has 2 heterocycles. The Bertz CT molecular complexity index is 1200. The summed E-state index contributed by atoms with van der Waals surface area (Å²) in [5.74, 6) is 0.153. The minimum absolute atomic E-state index is 0.0144. The maximum atomic E-state index is 15.2. The largest absolute Gasteiger partial charge is 0.446 e. The number of benzene rings is 1. The van der Waals surface area contributed by atoms with Gasteiger partial charge in [-0.25, -0.2) is 22.3 Å². The molecule has 1 fully saturated rings. The van der Waals surface area contributed by atoms with Gasteiger partial charge >= 0.3 is 6.09 Å². The SMILES string of the molecule is CC(C)NC(=O)O[C@@H]1CC[C@H](c2cc(Nc3ccc4c(c3F)CCS4(=O)=O)n(C(C)(C)C)n2)C1. The van der Waals surface area contributed by atoms with Crippen LogP contribution < -0.4 is 10.6 Å². The summed E-state index contributed by atoms with van der Waals surface area (Å²) in [6.07, 6.45) is 1.88. The molecule has 1 aliphatic carbocycles. The highest BCUT2D eigenvalue weighted by molar-refractivity contribution is 7.91. The Labute approximate surface area is 200 Å². The molecule has 2 N–H and O–H groups in total. The average molecular weight is 493 g/mol. The normalized spacial score (nSPS) is 21.5. The van der Waals surface area contributed by atoms with Crippen molar-refractivity contribution in [1.82, 2.24) is 15.1 Å². The number of anilines is 2. The zero-order chi connectivity index (χ0) is 24.8. The third-order valence-corrected chi connectivity index (χ3v) is 8.06. The Balaban J connectivity index is 1.56. The molecule has 2 aliphatic rings. The Kier molecular flexibility index (Phi) is 6.39. The van der Waals surface area contributed by atoms with Crippen molar-refractivity contribution in [1.29, 1.82) is 0 Å². The highest BCUT2D eigenvalue weighted by Crippen LogP contribution is 2.39. The fourth-order valence-corrected chi connectivity index (χ4v) is 6.18. The summed E-state index contributed by atoms with van der Waals surface area (Å²) in [4.78, 5) is 12.0. The van der Waals surface area contributed by atoms with Crippen LogP contribution in [0.5, 0.6) is 0 Å². The zero-order valence-corrected chi connectivity index (χ0v) is 21.1. The van der Waals surface area contributed by atoms with E-state index < -0.39 is 21.7 Å². The molecule has 1 aliphatic heterocycles. The van der Waals surface area contributed by atoms with Crippen LogP contribution in [0, 0.1) is 5.82 Å². The van der Waals surface area contributed by atoms with Crippen molar-refractivity contribution in [3.05, 3.63) is 35.3 Å². The van der Waals surface area contributed by atoms with E-state index in [0.717, 1.165) is 18.5 Å². The van der Waals surface area contributed by atoms with Crippen molar-refractivity contribution < 1.29 is 22.3 Å². The predicted molar refractivity (Wildman–Crippen MR) is 128 cm³/mol. The molecule has 1 saturated carbocycles. The second-order valence-corrected chi connectivity index (χ2v) is 12.5. The molecule has 10 heteroatoms. The van der Waals surface area contributed by atoms with Gasteiger partial charge in [0.2, 0.25) is 0 Å². The minimum atomic E-state index is -3.40. The number of nitrogens with zero attached hydrogens (tertiary/aromatic N) is 2. The number of ether oxygens (including phenoxy) is 1. The number of sulfone groups is 1. The lowest BCUT2D eigenvalue weighted by molar-refractivity contribution is 0.0981. The van der Waals surface area contributed by atoms with Gasteiger partial charge in [-0.15, -0.1) is 0 Å². The van der Waals surface area contributed by atoms with Crippen molar-refractivity contribution in [3.63, 3.8) is 0 Å². The van der Waals surface area contributed by atoms with Crippen molar-refractivity contribution in [3.8, 4) is 0 Å². The number of halogens is 1. The molecule has 8 nitrogen and oxygen atoms in total. The fraction of sp³-hybridized carbons (Fsp3) is 0.583. The molecule has 2 atom stereocenters. The lowest BCUT2D eigenvalue weighted by atomic mass is 10.0. The Hall–Kier alpha value is -2.62. The molecule has 0 spiro atoms. The van der Waals surface area contributed by atoms with Crippen LogP contribution in [0.3, 0.4) is 0 Å². The van der Waals surface area contributed by atoms with Gasteiger partial charge in [-0.05, 0) is 72.4 Å². The lowest BCUT2D eigenvalue weighted by Gasteiger charge is -2.23. The number of nitrogens with one attached hydrogen (secondary N) is 2. The molecule has 0 bridgehead atoms. The summed E-state index contributed by atoms with van der Waals surface area (Å²) < 4.78 is 46.8. The van der Waals surface area contributed by atoms with Gasteiger partial charge in [0.1, 0.15) is 11.9 Å². The summed E-state index contributed by atoms with van der Waals surface area (Å²) in [6, 6.07) is 4.88. The number of carbonyl (C=O) groups is 1. The van der Waals surface area contributed by atoms with Gasteiger partial charge in [0, 0.05) is 23.6 Å². The van der Waals surface area contributed by atoms with Gasteiger partial charge in [0.15, 0.2) is 15.7 Å². The van der Waals surface area contributed by atoms with Crippen molar-refractivity contribution in [2.75, 3.05) is 11.1 Å². The minimum Gasteiger partial charge on any atom is -0.446 e. The maximum Gasteiger partial charge on any atom is 0.407 e. The molecule has 0 saturated heterocycles. The van der Waals surface area contributed by atoms with Crippen LogP contribution in [-0.2, 0) is 26.5 Å². The molecule has 1 aromatic carbocycles. The summed E-state index contributed by atoms with van der Waals surface area (Å²) in [7, 11) is -3.40. The number of hydrogen-bond acceptors (Lipinski definition) is 6. The number of alkyl carbamates (subject to hydrolysis) is 1. The van der Waals surface area contributed by atoms with Gasteiger partial charge in [0.25, 0.3) is 0 Å². The van der Waals surface area contributed by atoms with Crippen molar-refractivity contribution in [2.45, 2.75) is 88.8 Å². The lowest BCUT2D eigenvalue weighted by Crippen LogP contribution is -2.33. The van der Waals surface area contributed by atoms with Gasteiger partial charge in [-0.3, -0.25) is 0 Å². The van der Waals surface area contributed by atoms with E-state index in [4.69, 9.17) is 9.84 Å². The van der Waals surface area contributed by atoms with Gasteiger partial charge in [0.05, 0.1) is 27.6 Å². The number of aromatic nitrogens is 2. The van der Waals surface area contributed by atoms with Crippen LogP contribution in [0.2, 0.25) is 0 Å². The standard InChI is InChI=1S/C24H33FN4O4S/c1-14(2)26-23(30)33-16-7-6-15(12-16)19-13-21(29(28-19)24(3,4)5)27-18-8-9-20-17(22(18)25)10-11-34(20,31)32/h8-9,13-16,27H,6-7,10-12H2,1-5H3,(H,26,30)/t15-,16+/m0/s1. The second kappa shape index (κ2) is 8.87.